The number of amides is 2. The number of piperazine rings is 1. The summed E-state index contributed by atoms with van der Waals surface area (Å²) >= 11 is 0. The molecule has 28 heavy (non-hydrogen) atoms. The van der Waals surface area contributed by atoms with Gasteiger partial charge in [-0.25, -0.2) is 9.18 Å². The normalized spacial score (nSPS) is 16.6. The molecule has 0 aliphatic carbocycles. The van der Waals surface area contributed by atoms with Crippen molar-refractivity contribution in [1.82, 2.24) is 14.7 Å². The van der Waals surface area contributed by atoms with Crippen molar-refractivity contribution in [2.75, 3.05) is 39.3 Å². The van der Waals surface area contributed by atoms with Crippen LogP contribution in [0.4, 0.5) is 9.18 Å². The minimum atomic E-state index is -0.535. The third kappa shape index (κ3) is 5.92. The van der Waals surface area contributed by atoms with E-state index in [1.54, 1.807) is 21.9 Å². The Morgan fingerprint density at radius 2 is 1.79 bits per heavy atom. The predicted molar refractivity (Wildman–Crippen MR) is 106 cm³/mol. The number of halogens is 1. The lowest BCUT2D eigenvalue weighted by Crippen LogP contribution is -2.52. The van der Waals surface area contributed by atoms with Crippen LogP contribution in [0, 0.1) is 5.82 Å². The van der Waals surface area contributed by atoms with Gasteiger partial charge in [-0.3, -0.25) is 9.69 Å². The molecule has 1 heterocycles. The minimum absolute atomic E-state index is 0.0313. The van der Waals surface area contributed by atoms with Crippen molar-refractivity contribution in [2.24, 2.45) is 0 Å². The average Bonchev–Trinajstić information content (AvgIpc) is 2.62. The van der Waals surface area contributed by atoms with E-state index < -0.39 is 5.60 Å². The van der Waals surface area contributed by atoms with E-state index in [4.69, 9.17) is 4.74 Å². The van der Waals surface area contributed by atoms with Gasteiger partial charge in [0.05, 0.1) is 6.04 Å². The molecule has 1 unspecified atom stereocenters. The van der Waals surface area contributed by atoms with Crippen molar-refractivity contribution < 1.29 is 18.7 Å². The third-order valence-electron chi connectivity index (χ3n) is 4.89. The summed E-state index contributed by atoms with van der Waals surface area (Å²) in [5.41, 5.74) is 0.0421. The van der Waals surface area contributed by atoms with Crippen LogP contribution in [-0.2, 0) is 9.53 Å². The van der Waals surface area contributed by atoms with Crippen molar-refractivity contribution in [2.45, 2.75) is 46.3 Å². The Bertz CT molecular complexity index is 682. The fraction of sp³-hybridized carbons (Fsp3) is 0.619. The molecule has 6 nitrogen and oxygen atoms in total. The van der Waals surface area contributed by atoms with Crippen molar-refractivity contribution in [3.05, 3.63) is 35.6 Å². The average molecular weight is 394 g/mol. The number of ether oxygens (including phenoxy) is 1. The standard InChI is InChI=1S/C21H32FN3O3/c1-6-23(16(2)26)15-19(17-9-7-8-10-18(17)22)24-11-13-25(14-12-24)20(27)28-21(3,4)5/h7-10,19H,6,11-15H2,1-5H3. The second-order valence-corrected chi connectivity index (χ2v) is 8.10. The molecule has 2 rings (SSSR count). The first kappa shape index (κ1) is 22.1. The number of hydrogen-bond acceptors (Lipinski definition) is 4. The first-order valence-corrected chi connectivity index (χ1v) is 9.84. The summed E-state index contributed by atoms with van der Waals surface area (Å²) in [6.45, 7) is 12.2. The van der Waals surface area contributed by atoms with E-state index in [0.717, 1.165) is 0 Å². The van der Waals surface area contributed by atoms with Crippen molar-refractivity contribution in [3.8, 4) is 0 Å². The molecule has 0 aromatic heterocycles. The predicted octanol–water partition coefficient (Wildman–Crippen LogP) is 3.29. The lowest BCUT2D eigenvalue weighted by atomic mass is 10.0. The van der Waals surface area contributed by atoms with Crippen LogP contribution in [0.3, 0.4) is 0 Å². The molecule has 156 valence electrons. The number of hydrogen-bond donors (Lipinski definition) is 0. The molecule has 1 aliphatic heterocycles. The van der Waals surface area contributed by atoms with Crippen LogP contribution < -0.4 is 0 Å². The number of nitrogens with zero attached hydrogens (tertiary/aromatic N) is 3. The van der Waals surface area contributed by atoms with E-state index in [-0.39, 0.29) is 23.9 Å². The van der Waals surface area contributed by atoms with Crippen LogP contribution in [-0.4, -0.2) is 71.6 Å². The molecule has 0 radical (unpaired) electrons. The number of benzene rings is 1. The molecule has 1 atom stereocenters. The van der Waals surface area contributed by atoms with Gasteiger partial charge in [-0.15, -0.1) is 0 Å². The van der Waals surface area contributed by atoms with E-state index in [9.17, 15) is 14.0 Å². The summed E-state index contributed by atoms with van der Waals surface area (Å²) in [4.78, 5) is 29.8. The van der Waals surface area contributed by atoms with Gasteiger partial charge in [-0.2, -0.15) is 0 Å². The van der Waals surface area contributed by atoms with Gasteiger partial charge in [0, 0.05) is 51.8 Å². The minimum Gasteiger partial charge on any atom is -0.444 e. The molecule has 7 heteroatoms. The van der Waals surface area contributed by atoms with Crippen molar-refractivity contribution >= 4 is 12.0 Å². The maximum Gasteiger partial charge on any atom is 0.410 e. The van der Waals surface area contributed by atoms with E-state index in [1.807, 2.05) is 33.8 Å². The Balaban J connectivity index is 2.14. The zero-order valence-corrected chi connectivity index (χ0v) is 17.6. The lowest BCUT2D eigenvalue weighted by molar-refractivity contribution is -0.129. The maximum absolute atomic E-state index is 14.5. The van der Waals surface area contributed by atoms with Gasteiger partial charge in [0.25, 0.3) is 0 Å². The highest BCUT2D eigenvalue weighted by molar-refractivity contribution is 5.73. The quantitative estimate of drug-likeness (QED) is 0.770. The fourth-order valence-electron chi connectivity index (χ4n) is 3.39. The fourth-order valence-corrected chi connectivity index (χ4v) is 3.39. The van der Waals surface area contributed by atoms with Gasteiger partial charge in [-0.05, 0) is 33.8 Å². The number of rotatable bonds is 5. The van der Waals surface area contributed by atoms with Gasteiger partial charge >= 0.3 is 6.09 Å². The second kappa shape index (κ2) is 9.37. The zero-order chi connectivity index (χ0) is 20.9. The lowest BCUT2D eigenvalue weighted by Gasteiger charge is -2.41. The molecule has 1 fully saturated rings. The summed E-state index contributed by atoms with van der Waals surface area (Å²) in [6, 6.07) is 6.44. The Morgan fingerprint density at radius 3 is 2.29 bits per heavy atom. The molecule has 0 N–H and O–H groups in total. The SMILES string of the molecule is CCN(CC(c1ccccc1F)N1CCN(C(=O)OC(C)(C)C)CC1)C(C)=O. The smallest absolute Gasteiger partial charge is 0.410 e. The molecule has 0 saturated carbocycles. The van der Waals surface area contributed by atoms with Crippen molar-refractivity contribution in [1.29, 1.82) is 0 Å². The molecule has 0 bridgehead atoms. The first-order valence-electron chi connectivity index (χ1n) is 9.84. The third-order valence-corrected chi connectivity index (χ3v) is 4.89. The molecule has 1 aromatic carbocycles. The number of carbonyl (C=O) groups is 2. The highest BCUT2D eigenvalue weighted by Crippen LogP contribution is 2.26. The van der Waals surface area contributed by atoms with E-state index in [2.05, 4.69) is 4.90 Å². The van der Waals surface area contributed by atoms with Crippen LogP contribution in [0.2, 0.25) is 0 Å². The number of likely N-dealkylation sites (N-methyl/N-ethyl adjacent to an activating group) is 1. The van der Waals surface area contributed by atoms with Gasteiger partial charge in [0.2, 0.25) is 5.91 Å². The van der Waals surface area contributed by atoms with Crippen LogP contribution in [0.25, 0.3) is 0 Å². The summed E-state index contributed by atoms with van der Waals surface area (Å²) in [5, 5.41) is 0. The summed E-state index contributed by atoms with van der Waals surface area (Å²) in [5.74, 6) is -0.307. The van der Waals surface area contributed by atoms with Gasteiger partial charge in [-0.1, -0.05) is 18.2 Å². The largest absolute Gasteiger partial charge is 0.444 e. The van der Waals surface area contributed by atoms with Crippen LogP contribution in [0.5, 0.6) is 0 Å². The van der Waals surface area contributed by atoms with Gasteiger partial charge < -0.3 is 14.5 Å². The first-order chi connectivity index (χ1) is 13.1. The molecular weight excluding hydrogens is 361 g/mol. The summed E-state index contributed by atoms with van der Waals surface area (Å²) < 4.78 is 20.0. The Labute approximate surface area is 167 Å². The van der Waals surface area contributed by atoms with Crippen LogP contribution in [0.15, 0.2) is 24.3 Å². The molecule has 1 saturated heterocycles. The molecule has 0 spiro atoms. The van der Waals surface area contributed by atoms with Gasteiger partial charge in [0.15, 0.2) is 0 Å². The zero-order valence-electron chi connectivity index (χ0n) is 17.6. The van der Waals surface area contributed by atoms with Crippen LogP contribution in [0.1, 0.15) is 46.2 Å². The Morgan fingerprint density at radius 1 is 1.18 bits per heavy atom. The molecule has 1 aliphatic rings. The van der Waals surface area contributed by atoms with E-state index in [0.29, 0.717) is 44.8 Å². The van der Waals surface area contributed by atoms with Gasteiger partial charge in [0.1, 0.15) is 11.4 Å². The number of carbonyl (C=O) groups excluding carboxylic acids is 2. The monoisotopic (exact) mass is 393 g/mol. The molecular formula is C21H32FN3O3. The topological polar surface area (TPSA) is 53.1 Å². The van der Waals surface area contributed by atoms with Crippen LogP contribution >= 0.6 is 0 Å². The summed E-state index contributed by atoms with van der Waals surface area (Å²) in [7, 11) is 0. The maximum atomic E-state index is 14.5. The van der Waals surface area contributed by atoms with Crippen molar-refractivity contribution in [3.63, 3.8) is 0 Å². The van der Waals surface area contributed by atoms with E-state index >= 15 is 0 Å². The van der Waals surface area contributed by atoms with E-state index in [1.165, 1.54) is 13.0 Å². The highest BCUT2D eigenvalue weighted by Gasteiger charge is 2.31. The molecule has 2 amide bonds. The Kier molecular flexibility index (Phi) is 7.41. The highest BCUT2D eigenvalue weighted by atomic mass is 19.1. The molecule has 1 aromatic rings. The summed E-state index contributed by atoms with van der Waals surface area (Å²) in [6.07, 6.45) is -0.325. The Hall–Kier alpha value is -2.15. The second-order valence-electron chi connectivity index (χ2n) is 8.10.